The lowest BCUT2D eigenvalue weighted by Crippen LogP contribution is -2.54. The van der Waals surface area contributed by atoms with Crippen LogP contribution in [0.3, 0.4) is 0 Å². The Morgan fingerprint density at radius 2 is 1.74 bits per heavy atom. The van der Waals surface area contributed by atoms with E-state index in [0.717, 1.165) is 17.3 Å². The minimum absolute atomic E-state index is 0.266. The molecule has 0 aliphatic carbocycles. The van der Waals surface area contributed by atoms with Crippen LogP contribution in [-0.2, 0) is 15.7 Å². The van der Waals surface area contributed by atoms with E-state index >= 15 is 0 Å². The molecule has 2 aromatic heterocycles. The zero-order chi connectivity index (χ0) is 28.3. The highest BCUT2D eigenvalue weighted by Gasteiger charge is 2.40. The molecule has 0 bridgehead atoms. The van der Waals surface area contributed by atoms with E-state index in [9.17, 15) is 22.8 Å². The lowest BCUT2D eigenvalue weighted by molar-refractivity contribution is -0.139. The lowest BCUT2D eigenvalue weighted by atomic mass is 9.84. The molecule has 0 radical (unpaired) electrons. The number of likely N-dealkylation sites (tertiary alicyclic amines) is 1. The minimum Gasteiger partial charge on any atom is -0.476 e. The Labute approximate surface area is 220 Å². The number of alkyl halides is 3. The van der Waals surface area contributed by atoms with Gasteiger partial charge in [0.1, 0.15) is 17.8 Å². The van der Waals surface area contributed by atoms with Crippen molar-refractivity contribution in [2.24, 2.45) is 5.41 Å². The number of aromatic nitrogens is 2. The Bertz CT molecular complexity index is 1150. The van der Waals surface area contributed by atoms with Gasteiger partial charge in [0.25, 0.3) is 0 Å². The van der Waals surface area contributed by atoms with Gasteiger partial charge in [0.2, 0.25) is 11.8 Å². The van der Waals surface area contributed by atoms with Crippen molar-refractivity contribution in [3.63, 3.8) is 0 Å². The molecule has 38 heavy (non-hydrogen) atoms. The number of hydrogen-bond acceptors (Lipinski definition) is 6. The molecule has 3 rings (SSSR count). The van der Waals surface area contributed by atoms with Crippen LogP contribution in [0.4, 0.5) is 18.0 Å². The van der Waals surface area contributed by atoms with Gasteiger partial charge in [-0.2, -0.15) is 13.2 Å². The van der Waals surface area contributed by atoms with Gasteiger partial charge in [-0.1, -0.05) is 6.07 Å². The van der Waals surface area contributed by atoms with E-state index in [4.69, 9.17) is 9.47 Å². The first-order chi connectivity index (χ1) is 17.6. The summed E-state index contributed by atoms with van der Waals surface area (Å²) in [6.45, 7) is 10.8. The molecule has 0 aromatic carbocycles. The molecule has 208 valence electrons. The van der Waals surface area contributed by atoms with Crippen LogP contribution in [-0.4, -0.2) is 58.2 Å². The molecule has 1 aliphatic rings. The third-order valence-electron chi connectivity index (χ3n) is 6.29. The van der Waals surface area contributed by atoms with Gasteiger partial charge in [0.15, 0.2) is 0 Å². The number of carbonyl (C=O) groups excluding carboxylic acids is 2. The number of hydrogen-bond donors (Lipinski definition) is 1. The molecule has 2 atom stereocenters. The summed E-state index contributed by atoms with van der Waals surface area (Å²) in [5.74, 6) is -1.22. The van der Waals surface area contributed by atoms with Gasteiger partial charge in [-0.05, 0) is 71.7 Å². The minimum atomic E-state index is -4.63. The third kappa shape index (κ3) is 7.35. The van der Waals surface area contributed by atoms with Crippen molar-refractivity contribution in [2.45, 2.75) is 71.7 Å². The second-order valence-electron chi connectivity index (χ2n) is 11.1. The van der Waals surface area contributed by atoms with Crippen LogP contribution in [0.1, 0.15) is 63.8 Å². The van der Waals surface area contributed by atoms with E-state index in [0.29, 0.717) is 19.5 Å². The molecule has 11 heteroatoms. The quantitative estimate of drug-likeness (QED) is 0.551. The second-order valence-corrected chi connectivity index (χ2v) is 11.1. The fraction of sp³-hybridized carbons (Fsp3) is 0.556. The predicted octanol–water partition coefficient (Wildman–Crippen LogP) is 5.12. The van der Waals surface area contributed by atoms with Gasteiger partial charge in [-0.3, -0.25) is 9.78 Å². The van der Waals surface area contributed by atoms with E-state index in [1.54, 1.807) is 51.8 Å². The molecule has 3 heterocycles. The number of ether oxygens (including phenoxy) is 2. The number of halogens is 3. The zero-order valence-electron chi connectivity index (χ0n) is 22.6. The highest BCUT2D eigenvalue weighted by Crippen LogP contribution is 2.35. The molecule has 0 spiro atoms. The summed E-state index contributed by atoms with van der Waals surface area (Å²) in [5, 5.41) is 3.06. The number of pyridine rings is 2. The van der Waals surface area contributed by atoms with Crippen LogP contribution in [0.5, 0.6) is 5.88 Å². The lowest BCUT2D eigenvalue weighted by Gasteiger charge is -2.40. The Hall–Kier alpha value is -3.37. The fourth-order valence-corrected chi connectivity index (χ4v) is 4.22. The summed E-state index contributed by atoms with van der Waals surface area (Å²) in [4.78, 5) is 35.8. The van der Waals surface area contributed by atoms with Gasteiger partial charge in [0, 0.05) is 43.1 Å². The molecule has 1 fully saturated rings. The largest absolute Gasteiger partial charge is 0.476 e. The average Bonchev–Trinajstić information content (AvgIpc) is 2.82. The molecule has 8 nitrogen and oxygen atoms in total. The zero-order valence-corrected chi connectivity index (χ0v) is 22.6. The highest BCUT2D eigenvalue weighted by atomic mass is 19.4. The van der Waals surface area contributed by atoms with Crippen molar-refractivity contribution < 1.29 is 32.2 Å². The van der Waals surface area contributed by atoms with Crippen molar-refractivity contribution in [1.29, 1.82) is 0 Å². The molecule has 2 amide bonds. The average molecular weight is 537 g/mol. The molecule has 2 unspecified atom stereocenters. The summed E-state index contributed by atoms with van der Waals surface area (Å²) < 4.78 is 50.9. The second kappa shape index (κ2) is 11.2. The number of carbonyl (C=O) groups is 2. The van der Waals surface area contributed by atoms with Crippen LogP contribution in [0.25, 0.3) is 0 Å². The normalized spacial score (nSPS) is 18.6. The van der Waals surface area contributed by atoms with Gasteiger partial charge < -0.3 is 19.7 Å². The van der Waals surface area contributed by atoms with E-state index in [1.165, 1.54) is 12.3 Å². The predicted molar refractivity (Wildman–Crippen MR) is 135 cm³/mol. The van der Waals surface area contributed by atoms with E-state index < -0.39 is 34.7 Å². The van der Waals surface area contributed by atoms with E-state index in [1.807, 2.05) is 13.0 Å². The van der Waals surface area contributed by atoms with Crippen molar-refractivity contribution in [3.8, 4) is 5.88 Å². The molecular weight excluding hydrogens is 501 g/mol. The fourth-order valence-electron chi connectivity index (χ4n) is 4.22. The van der Waals surface area contributed by atoms with Crippen molar-refractivity contribution in [2.75, 3.05) is 19.7 Å². The standard InChI is InChI=1S/C27H35F3N4O4/c1-17-18(9-7-12-31-17)19-15-34(24(36)38-25(2,3)4)14-11-21(19)33-23(35)26(5,6)16-37-22-20(27(28,29)30)10-8-13-32-22/h7-10,12-13,19,21H,11,14-16H2,1-6H3,(H,33,35). The molecule has 2 aromatic rings. The van der Waals surface area contributed by atoms with Crippen LogP contribution in [0.15, 0.2) is 36.7 Å². The summed E-state index contributed by atoms with van der Waals surface area (Å²) in [6.07, 6.45) is -1.73. The highest BCUT2D eigenvalue weighted by molar-refractivity contribution is 5.82. The molecule has 0 saturated carbocycles. The smallest absolute Gasteiger partial charge is 0.421 e. The van der Waals surface area contributed by atoms with Gasteiger partial charge in [-0.25, -0.2) is 9.78 Å². The third-order valence-corrected chi connectivity index (χ3v) is 6.29. The maximum absolute atomic E-state index is 13.3. The van der Waals surface area contributed by atoms with Crippen LogP contribution in [0.2, 0.25) is 0 Å². The maximum atomic E-state index is 13.3. The first-order valence-electron chi connectivity index (χ1n) is 12.4. The number of nitrogens with zero attached hydrogens (tertiary/aromatic N) is 3. The van der Waals surface area contributed by atoms with E-state index in [2.05, 4.69) is 15.3 Å². The summed E-state index contributed by atoms with van der Waals surface area (Å²) in [7, 11) is 0. The molecule has 1 aliphatic heterocycles. The Balaban J connectivity index is 1.76. The maximum Gasteiger partial charge on any atom is 0.421 e. The SMILES string of the molecule is Cc1ncccc1C1CN(C(=O)OC(C)(C)C)CCC1NC(=O)C(C)(C)COc1ncccc1C(F)(F)F. The Kier molecular flexibility index (Phi) is 8.58. The molecule has 1 N–H and O–H groups in total. The van der Waals surface area contributed by atoms with Gasteiger partial charge in [0.05, 0.1) is 5.41 Å². The van der Waals surface area contributed by atoms with E-state index in [-0.39, 0.29) is 24.5 Å². The van der Waals surface area contributed by atoms with Crippen molar-refractivity contribution in [1.82, 2.24) is 20.2 Å². The van der Waals surface area contributed by atoms with Gasteiger partial charge >= 0.3 is 12.3 Å². The molecular formula is C27H35F3N4O4. The Morgan fingerprint density at radius 1 is 1.08 bits per heavy atom. The number of piperidine rings is 1. The summed E-state index contributed by atoms with van der Waals surface area (Å²) in [6, 6.07) is 5.44. The first kappa shape index (κ1) is 29.2. The number of aryl methyl sites for hydroxylation is 1. The topological polar surface area (TPSA) is 93.7 Å². The summed E-state index contributed by atoms with van der Waals surface area (Å²) >= 11 is 0. The van der Waals surface area contributed by atoms with Crippen molar-refractivity contribution in [3.05, 3.63) is 53.5 Å². The number of rotatable bonds is 6. The number of amides is 2. The van der Waals surface area contributed by atoms with Crippen LogP contribution >= 0.6 is 0 Å². The van der Waals surface area contributed by atoms with Crippen LogP contribution in [0, 0.1) is 12.3 Å². The van der Waals surface area contributed by atoms with Crippen LogP contribution < -0.4 is 10.1 Å². The summed E-state index contributed by atoms with van der Waals surface area (Å²) in [5.41, 5.74) is -1.15. The molecule has 1 saturated heterocycles. The monoisotopic (exact) mass is 536 g/mol. The van der Waals surface area contributed by atoms with Gasteiger partial charge in [-0.15, -0.1) is 0 Å². The Morgan fingerprint density at radius 3 is 2.37 bits per heavy atom. The number of nitrogens with one attached hydrogen (secondary N) is 1. The van der Waals surface area contributed by atoms with Crippen molar-refractivity contribution >= 4 is 12.0 Å². The first-order valence-corrected chi connectivity index (χ1v) is 12.4.